The number of aliphatic carboxylic acids is 1. The number of carboxylic acid groups (broad SMARTS) is 1. The molecule has 1 unspecified atom stereocenters. The average Bonchev–Trinajstić information content (AvgIpc) is 3.19. The van der Waals surface area contributed by atoms with Crippen molar-refractivity contribution in [3.05, 3.63) is 34.4 Å². The third-order valence-corrected chi connectivity index (χ3v) is 14.7. The minimum atomic E-state index is -1.26. The van der Waals surface area contributed by atoms with Crippen molar-refractivity contribution in [3.8, 4) is 0 Å². The molecule has 0 aromatic heterocycles. The van der Waals surface area contributed by atoms with E-state index in [9.17, 15) is 19.1 Å². The van der Waals surface area contributed by atoms with E-state index in [4.69, 9.17) is 5.73 Å². The molecule has 6 aliphatic carbocycles. The maximum atomic E-state index is 13.8. The molecule has 0 aliphatic heterocycles. The highest BCUT2D eigenvalue weighted by Crippen LogP contribution is 2.75. The maximum Gasteiger partial charge on any atom is 0.312 e. The van der Waals surface area contributed by atoms with Crippen LogP contribution in [0.15, 0.2) is 34.4 Å². The monoisotopic (exact) mass is 579 g/mol. The van der Waals surface area contributed by atoms with E-state index in [1.165, 1.54) is 36.0 Å². The zero-order valence-electron chi connectivity index (χ0n) is 27.2. The second-order valence-corrected chi connectivity index (χ2v) is 17.0. The average molecular weight is 580 g/mol. The molecule has 4 nitrogen and oxygen atoms in total. The Morgan fingerprint density at radius 2 is 1.69 bits per heavy atom. The van der Waals surface area contributed by atoms with Crippen molar-refractivity contribution >= 4 is 11.8 Å². The predicted octanol–water partition coefficient (Wildman–Crippen LogP) is 8.37. The number of hydrogen-bond acceptors (Lipinski definition) is 3. The van der Waals surface area contributed by atoms with Crippen molar-refractivity contribution in [2.24, 2.45) is 56.5 Å². The van der Waals surface area contributed by atoms with Gasteiger partial charge in [-0.15, -0.1) is 0 Å². The third kappa shape index (κ3) is 3.73. The molecular formula is C37H54FNO3. The summed E-state index contributed by atoms with van der Waals surface area (Å²) in [5, 5.41) is 9.72. The number of rotatable bonds is 4. The van der Waals surface area contributed by atoms with Crippen molar-refractivity contribution in [1.82, 2.24) is 0 Å². The van der Waals surface area contributed by atoms with Crippen LogP contribution in [-0.4, -0.2) is 29.1 Å². The summed E-state index contributed by atoms with van der Waals surface area (Å²) in [6.07, 6.45) is 14.1. The van der Waals surface area contributed by atoms with Crippen LogP contribution in [0.1, 0.15) is 119 Å². The second-order valence-electron chi connectivity index (χ2n) is 17.0. The molecular weight excluding hydrogens is 525 g/mol. The first-order valence-corrected chi connectivity index (χ1v) is 16.8. The molecule has 0 amide bonds. The summed E-state index contributed by atoms with van der Waals surface area (Å²) in [5.41, 5.74) is 10.9. The molecule has 0 heterocycles. The first kappa shape index (κ1) is 30.3. The number of hydrogen-bond donors (Lipinski definition) is 2. The molecule has 42 heavy (non-hydrogen) atoms. The predicted molar refractivity (Wildman–Crippen MR) is 165 cm³/mol. The van der Waals surface area contributed by atoms with Gasteiger partial charge >= 0.3 is 5.97 Å². The SMILES string of the molecule is CC(C)C1=C2[C@H]3CC[C@@H]4[C@@]5(C)CC=C(C6=CCC(CF)(C(=O)O)CC6)C(C)(C)[C@@H]5CC[C@@]4(C)[C@]3(C)CC[C@@]2(N)CC1=O. The molecule has 5 heteroatoms. The summed E-state index contributed by atoms with van der Waals surface area (Å²) in [7, 11) is 0. The zero-order chi connectivity index (χ0) is 30.7. The van der Waals surface area contributed by atoms with Gasteiger partial charge in [-0.3, -0.25) is 9.59 Å². The van der Waals surface area contributed by atoms with Crippen LogP contribution in [0.4, 0.5) is 4.39 Å². The molecule has 232 valence electrons. The van der Waals surface area contributed by atoms with Crippen LogP contribution in [0.25, 0.3) is 0 Å². The van der Waals surface area contributed by atoms with E-state index in [0.29, 0.717) is 42.8 Å². The van der Waals surface area contributed by atoms with Crippen molar-refractivity contribution < 1.29 is 19.1 Å². The van der Waals surface area contributed by atoms with Crippen molar-refractivity contribution in [2.75, 3.05) is 6.67 Å². The molecule has 3 N–H and O–H groups in total. The Morgan fingerprint density at radius 3 is 2.29 bits per heavy atom. The fourth-order valence-corrected chi connectivity index (χ4v) is 12.3. The molecule has 0 aromatic rings. The Labute approximate surface area is 252 Å². The summed E-state index contributed by atoms with van der Waals surface area (Å²) in [6.45, 7) is 16.1. The molecule has 0 spiro atoms. The fourth-order valence-electron chi connectivity index (χ4n) is 12.3. The minimum Gasteiger partial charge on any atom is -0.481 e. The Kier molecular flexibility index (Phi) is 6.76. The quantitative estimate of drug-likeness (QED) is 0.351. The van der Waals surface area contributed by atoms with Crippen LogP contribution in [0.5, 0.6) is 0 Å². The van der Waals surface area contributed by atoms with Gasteiger partial charge in [0.05, 0.1) is 5.41 Å². The largest absolute Gasteiger partial charge is 0.481 e. The minimum absolute atomic E-state index is 0.0267. The molecule has 3 saturated carbocycles. The van der Waals surface area contributed by atoms with Gasteiger partial charge in [0.25, 0.3) is 0 Å². The summed E-state index contributed by atoms with van der Waals surface area (Å²) in [4.78, 5) is 25.2. The number of fused-ring (bicyclic) bond motifs is 7. The van der Waals surface area contributed by atoms with Crippen LogP contribution in [0.3, 0.4) is 0 Å². The second kappa shape index (κ2) is 9.38. The third-order valence-electron chi connectivity index (χ3n) is 14.7. The number of ketones is 1. The molecule has 6 aliphatic rings. The number of Topliss-reactive ketones (excluding diaryl/α,β-unsaturated/α-hetero) is 1. The Morgan fingerprint density at radius 1 is 0.976 bits per heavy atom. The number of nitrogens with two attached hydrogens (primary N) is 1. The van der Waals surface area contributed by atoms with Crippen molar-refractivity contribution in [3.63, 3.8) is 0 Å². The number of alkyl halides is 1. The molecule has 8 atom stereocenters. The molecule has 0 aromatic carbocycles. The molecule has 3 fully saturated rings. The van der Waals surface area contributed by atoms with Gasteiger partial charge < -0.3 is 10.8 Å². The lowest BCUT2D eigenvalue weighted by Gasteiger charge is -2.71. The smallest absolute Gasteiger partial charge is 0.312 e. The Balaban J connectivity index is 1.35. The van der Waals surface area contributed by atoms with Gasteiger partial charge in [0.15, 0.2) is 5.78 Å². The zero-order valence-corrected chi connectivity index (χ0v) is 27.2. The number of halogens is 1. The van der Waals surface area contributed by atoms with Crippen LogP contribution >= 0.6 is 0 Å². The van der Waals surface area contributed by atoms with E-state index in [0.717, 1.165) is 31.3 Å². The van der Waals surface area contributed by atoms with Gasteiger partial charge in [0.2, 0.25) is 0 Å². The van der Waals surface area contributed by atoms with E-state index >= 15 is 0 Å². The molecule has 6 rings (SSSR count). The van der Waals surface area contributed by atoms with Crippen LogP contribution in [0.2, 0.25) is 0 Å². The van der Waals surface area contributed by atoms with Crippen LogP contribution in [-0.2, 0) is 9.59 Å². The van der Waals surface area contributed by atoms with E-state index in [2.05, 4.69) is 60.6 Å². The van der Waals surface area contributed by atoms with Gasteiger partial charge in [-0.05, 0) is 132 Å². The lowest BCUT2D eigenvalue weighted by molar-refractivity contribution is -0.195. The van der Waals surface area contributed by atoms with Gasteiger partial charge in [-0.25, -0.2) is 4.39 Å². The number of carboxylic acids is 1. The molecule has 0 bridgehead atoms. The van der Waals surface area contributed by atoms with Crippen molar-refractivity contribution in [1.29, 1.82) is 0 Å². The summed E-state index contributed by atoms with van der Waals surface area (Å²) in [6, 6.07) is 0. The first-order chi connectivity index (χ1) is 19.5. The van der Waals surface area contributed by atoms with E-state index in [1.54, 1.807) is 0 Å². The van der Waals surface area contributed by atoms with Gasteiger partial charge in [0.1, 0.15) is 6.67 Å². The lowest BCUT2D eigenvalue weighted by atomic mass is 9.33. The number of carbonyl (C=O) groups is 2. The van der Waals surface area contributed by atoms with E-state index in [1.807, 2.05) is 0 Å². The standard InChI is InChI=1S/C37H54FNO3/c1-22(2)29-26(40)20-37(39)19-18-34(6)25(30(29)37)8-9-28-33(5)14-12-24(32(3,4)27(33)13-15-35(28,34)7)23-10-16-36(21-38,17-11-23)31(41)42/h10,12,22,25,27-28H,8-9,11,13-21,39H2,1-7H3,(H,41,42)/t25-,27+,28-,33+,34-,35-,36?,37-/m1/s1. The van der Waals surface area contributed by atoms with Crippen LogP contribution in [0, 0.1) is 50.7 Å². The van der Waals surface area contributed by atoms with Crippen molar-refractivity contribution in [2.45, 2.75) is 125 Å². The molecule has 0 radical (unpaired) electrons. The fraction of sp³-hybridized carbons (Fsp3) is 0.784. The van der Waals surface area contributed by atoms with Gasteiger partial charge in [-0.2, -0.15) is 0 Å². The van der Waals surface area contributed by atoms with Gasteiger partial charge in [0, 0.05) is 12.0 Å². The highest BCUT2D eigenvalue weighted by atomic mass is 19.1. The normalized spacial score (nSPS) is 46.3. The number of carbonyl (C=O) groups excluding carboxylic acids is 1. The molecule has 0 saturated heterocycles. The summed E-state index contributed by atoms with van der Waals surface area (Å²) in [5.74, 6) is 1.04. The maximum absolute atomic E-state index is 13.8. The first-order valence-electron chi connectivity index (χ1n) is 16.8. The van der Waals surface area contributed by atoms with E-state index in [-0.39, 0.29) is 34.0 Å². The highest BCUT2D eigenvalue weighted by molar-refractivity contribution is 6.01. The topological polar surface area (TPSA) is 80.4 Å². The summed E-state index contributed by atoms with van der Waals surface area (Å²) < 4.78 is 13.8. The van der Waals surface area contributed by atoms with Crippen LogP contribution < -0.4 is 5.73 Å². The lowest BCUT2D eigenvalue weighted by Crippen LogP contribution is -2.65. The summed E-state index contributed by atoms with van der Waals surface area (Å²) >= 11 is 0. The Bertz CT molecular complexity index is 1310. The highest BCUT2D eigenvalue weighted by Gasteiger charge is 2.69. The Hall–Kier alpha value is -1.75. The number of allylic oxidation sites excluding steroid dienone is 5. The van der Waals surface area contributed by atoms with E-state index < -0.39 is 23.6 Å². The van der Waals surface area contributed by atoms with Gasteiger partial charge in [-0.1, -0.05) is 60.6 Å².